The van der Waals surface area contributed by atoms with Crippen LogP contribution < -0.4 is 9.47 Å². The molecule has 0 aliphatic carbocycles. The number of halogens is 1. The van der Waals surface area contributed by atoms with Crippen LogP contribution in [0.15, 0.2) is 47.0 Å². The molecule has 0 N–H and O–H groups in total. The number of hydrogen-bond donors (Lipinski definition) is 0. The van der Waals surface area contributed by atoms with Crippen molar-refractivity contribution < 1.29 is 18.8 Å². The Morgan fingerprint density at radius 3 is 2.62 bits per heavy atom. The first-order chi connectivity index (χ1) is 14.1. The highest BCUT2D eigenvalue weighted by Crippen LogP contribution is 2.35. The van der Waals surface area contributed by atoms with Crippen LogP contribution in [-0.2, 0) is 0 Å². The molecule has 1 atom stereocenters. The van der Waals surface area contributed by atoms with Gasteiger partial charge in [-0.1, -0.05) is 16.8 Å². The van der Waals surface area contributed by atoms with Crippen LogP contribution in [0.1, 0.15) is 35.1 Å². The van der Waals surface area contributed by atoms with Crippen molar-refractivity contribution >= 4 is 17.5 Å². The van der Waals surface area contributed by atoms with Gasteiger partial charge in [0.1, 0.15) is 6.04 Å². The Morgan fingerprint density at radius 1 is 1.14 bits per heavy atom. The number of ether oxygens (including phenoxy) is 2. The van der Waals surface area contributed by atoms with Crippen molar-refractivity contribution in [2.75, 3.05) is 20.8 Å². The Labute approximate surface area is 173 Å². The van der Waals surface area contributed by atoms with E-state index in [0.29, 0.717) is 40.3 Å². The number of methoxy groups -OCH3 is 2. The third-order valence-corrected chi connectivity index (χ3v) is 5.23. The first kappa shape index (κ1) is 19.3. The van der Waals surface area contributed by atoms with Gasteiger partial charge < -0.3 is 18.9 Å². The zero-order valence-corrected chi connectivity index (χ0v) is 16.8. The van der Waals surface area contributed by atoms with E-state index < -0.39 is 0 Å². The van der Waals surface area contributed by atoms with Gasteiger partial charge in [0.15, 0.2) is 11.5 Å². The fourth-order valence-electron chi connectivity index (χ4n) is 3.49. The van der Waals surface area contributed by atoms with Crippen LogP contribution >= 0.6 is 11.6 Å². The number of hydrogen-bond acceptors (Lipinski definition) is 6. The zero-order chi connectivity index (χ0) is 20.4. The fraction of sp³-hybridized carbons (Fsp3) is 0.286. The van der Waals surface area contributed by atoms with Gasteiger partial charge in [-0.3, -0.25) is 4.79 Å². The van der Waals surface area contributed by atoms with E-state index in [1.54, 1.807) is 55.5 Å². The maximum Gasteiger partial charge on any atom is 0.254 e. The van der Waals surface area contributed by atoms with E-state index in [2.05, 4.69) is 10.1 Å². The monoisotopic (exact) mass is 413 g/mol. The molecular formula is C21H20ClN3O4. The number of benzene rings is 2. The second kappa shape index (κ2) is 8.13. The van der Waals surface area contributed by atoms with Crippen LogP contribution in [0.4, 0.5) is 0 Å². The van der Waals surface area contributed by atoms with Gasteiger partial charge in [0, 0.05) is 22.7 Å². The molecule has 1 amide bonds. The molecule has 3 aromatic rings. The molecule has 7 nitrogen and oxygen atoms in total. The Kier molecular flexibility index (Phi) is 5.40. The van der Waals surface area contributed by atoms with E-state index in [-0.39, 0.29) is 11.9 Å². The number of nitrogens with zero attached hydrogens (tertiary/aromatic N) is 3. The van der Waals surface area contributed by atoms with Crippen LogP contribution in [0.25, 0.3) is 11.4 Å². The summed E-state index contributed by atoms with van der Waals surface area (Å²) < 4.78 is 16.1. The van der Waals surface area contributed by atoms with Crippen LogP contribution in [0.3, 0.4) is 0 Å². The summed E-state index contributed by atoms with van der Waals surface area (Å²) in [6.07, 6.45) is 1.64. The van der Waals surface area contributed by atoms with Crippen LogP contribution in [0.5, 0.6) is 11.5 Å². The SMILES string of the molecule is COc1ccc(-c2noc(C3CCCN3C(=O)c3ccc(Cl)cc3)n2)cc1OC. The normalized spacial score (nSPS) is 16.1. The smallest absolute Gasteiger partial charge is 0.254 e. The van der Waals surface area contributed by atoms with Gasteiger partial charge in [0.25, 0.3) is 5.91 Å². The van der Waals surface area contributed by atoms with Gasteiger partial charge >= 0.3 is 0 Å². The second-order valence-corrected chi connectivity index (χ2v) is 7.13. The number of carbonyl (C=O) groups is 1. The van der Waals surface area contributed by atoms with E-state index in [0.717, 1.165) is 18.4 Å². The molecule has 4 rings (SSSR count). The van der Waals surface area contributed by atoms with Gasteiger partial charge in [-0.05, 0) is 55.3 Å². The highest BCUT2D eigenvalue weighted by molar-refractivity contribution is 6.30. The fourth-order valence-corrected chi connectivity index (χ4v) is 3.61. The average Bonchev–Trinajstić information content (AvgIpc) is 3.42. The Balaban J connectivity index is 1.58. The molecule has 2 heterocycles. The van der Waals surface area contributed by atoms with Crippen molar-refractivity contribution in [3.05, 3.63) is 58.9 Å². The molecule has 1 aliphatic heterocycles. The molecule has 1 aliphatic rings. The first-order valence-electron chi connectivity index (χ1n) is 9.23. The number of amides is 1. The van der Waals surface area contributed by atoms with E-state index in [1.165, 1.54) is 0 Å². The molecule has 0 spiro atoms. The second-order valence-electron chi connectivity index (χ2n) is 6.69. The van der Waals surface area contributed by atoms with Crippen molar-refractivity contribution in [3.8, 4) is 22.9 Å². The first-order valence-corrected chi connectivity index (χ1v) is 9.61. The number of rotatable bonds is 5. The molecular weight excluding hydrogens is 394 g/mol. The lowest BCUT2D eigenvalue weighted by Crippen LogP contribution is -2.30. The highest BCUT2D eigenvalue weighted by atomic mass is 35.5. The topological polar surface area (TPSA) is 77.7 Å². The lowest BCUT2D eigenvalue weighted by molar-refractivity contribution is 0.0710. The summed E-state index contributed by atoms with van der Waals surface area (Å²) in [7, 11) is 3.15. The van der Waals surface area contributed by atoms with Gasteiger partial charge in [-0.2, -0.15) is 4.98 Å². The van der Waals surface area contributed by atoms with Crippen molar-refractivity contribution in [2.24, 2.45) is 0 Å². The third-order valence-electron chi connectivity index (χ3n) is 4.97. The quantitative estimate of drug-likeness (QED) is 0.617. The molecule has 1 fully saturated rings. The Morgan fingerprint density at radius 2 is 1.90 bits per heavy atom. The van der Waals surface area contributed by atoms with E-state index >= 15 is 0 Å². The summed E-state index contributed by atoms with van der Waals surface area (Å²) >= 11 is 5.93. The minimum atomic E-state index is -0.250. The summed E-state index contributed by atoms with van der Waals surface area (Å²) in [4.78, 5) is 19.3. The number of aromatic nitrogens is 2. The maximum absolute atomic E-state index is 12.9. The molecule has 0 bridgehead atoms. The summed E-state index contributed by atoms with van der Waals surface area (Å²) in [6.45, 7) is 0.639. The molecule has 1 saturated heterocycles. The minimum absolute atomic E-state index is 0.0740. The van der Waals surface area contributed by atoms with E-state index in [1.807, 2.05) is 6.07 Å². The predicted octanol–water partition coefficient (Wildman–Crippen LogP) is 4.38. The molecule has 150 valence electrons. The summed E-state index contributed by atoms with van der Waals surface area (Å²) in [5.41, 5.74) is 1.33. The molecule has 0 radical (unpaired) electrons. The zero-order valence-electron chi connectivity index (χ0n) is 16.1. The molecule has 1 aromatic heterocycles. The van der Waals surface area contributed by atoms with Crippen molar-refractivity contribution in [3.63, 3.8) is 0 Å². The molecule has 2 aromatic carbocycles. The van der Waals surface area contributed by atoms with Crippen LogP contribution in [0.2, 0.25) is 5.02 Å². The molecule has 29 heavy (non-hydrogen) atoms. The molecule has 1 unspecified atom stereocenters. The van der Waals surface area contributed by atoms with Crippen molar-refractivity contribution in [1.82, 2.24) is 15.0 Å². The maximum atomic E-state index is 12.9. The average molecular weight is 414 g/mol. The largest absolute Gasteiger partial charge is 0.493 e. The summed E-state index contributed by atoms with van der Waals surface area (Å²) in [6, 6.07) is 12.0. The van der Waals surface area contributed by atoms with Crippen LogP contribution in [0, 0.1) is 0 Å². The lowest BCUT2D eigenvalue weighted by Gasteiger charge is -2.21. The predicted molar refractivity (Wildman–Crippen MR) is 107 cm³/mol. The van der Waals surface area contributed by atoms with Gasteiger partial charge in [0.05, 0.1) is 14.2 Å². The highest BCUT2D eigenvalue weighted by Gasteiger charge is 2.34. The minimum Gasteiger partial charge on any atom is -0.493 e. The standard InChI is InChI=1S/C21H20ClN3O4/c1-27-17-10-7-14(12-18(17)28-2)19-23-20(29-24-19)16-4-3-11-25(16)21(26)13-5-8-15(22)9-6-13/h5-10,12,16H,3-4,11H2,1-2H3. The lowest BCUT2D eigenvalue weighted by atomic mass is 10.1. The molecule has 8 heteroatoms. The van der Waals surface area contributed by atoms with Crippen molar-refractivity contribution in [1.29, 1.82) is 0 Å². The van der Waals surface area contributed by atoms with Gasteiger partial charge in [-0.15, -0.1) is 0 Å². The van der Waals surface area contributed by atoms with E-state index in [4.69, 9.17) is 25.6 Å². The van der Waals surface area contributed by atoms with Crippen molar-refractivity contribution in [2.45, 2.75) is 18.9 Å². The number of carbonyl (C=O) groups excluding carboxylic acids is 1. The summed E-state index contributed by atoms with van der Waals surface area (Å²) in [5, 5.41) is 4.70. The van der Waals surface area contributed by atoms with Gasteiger partial charge in [0.2, 0.25) is 11.7 Å². The van der Waals surface area contributed by atoms with Gasteiger partial charge in [-0.25, -0.2) is 0 Å². The Bertz CT molecular complexity index is 1020. The number of likely N-dealkylation sites (tertiary alicyclic amines) is 1. The van der Waals surface area contributed by atoms with Crippen LogP contribution in [-0.4, -0.2) is 41.7 Å². The molecule has 0 saturated carbocycles. The summed E-state index contributed by atoms with van der Waals surface area (Å²) in [5.74, 6) is 1.99. The van der Waals surface area contributed by atoms with E-state index in [9.17, 15) is 4.79 Å². The third kappa shape index (κ3) is 3.78. The Hall–Kier alpha value is -3.06.